The molecule has 2 aromatic rings. The van der Waals surface area contributed by atoms with E-state index in [9.17, 15) is 4.79 Å². The molecule has 92 valence electrons. The summed E-state index contributed by atoms with van der Waals surface area (Å²) >= 11 is 0. The Morgan fingerprint density at radius 2 is 2.33 bits per heavy atom. The number of nitriles is 1. The van der Waals surface area contributed by atoms with E-state index in [1.165, 1.54) is 0 Å². The molecule has 0 saturated carbocycles. The summed E-state index contributed by atoms with van der Waals surface area (Å²) in [5.74, 6) is 0.392. The van der Waals surface area contributed by atoms with Crippen LogP contribution in [0.5, 0.6) is 5.75 Å². The number of nitrogens with zero attached hydrogens (tertiary/aromatic N) is 2. The van der Waals surface area contributed by atoms with Crippen molar-refractivity contribution in [2.75, 3.05) is 0 Å². The molecule has 0 bridgehead atoms. The Bertz CT molecular complexity index is 637. The molecule has 1 amide bonds. The second kappa shape index (κ2) is 4.80. The molecule has 0 spiro atoms. The zero-order valence-electron chi connectivity index (χ0n) is 10.0. The van der Waals surface area contributed by atoms with Crippen molar-refractivity contribution in [2.45, 2.75) is 19.9 Å². The third-order valence-corrected chi connectivity index (χ3v) is 2.76. The van der Waals surface area contributed by atoms with Gasteiger partial charge in [0.25, 0.3) is 0 Å². The fourth-order valence-corrected chi connectivity index (χ4v) is 2.02. The minimum Gasteiger partial charge on any atom is -0.410 e. The van der Waals surface area contributed by atoms with Gasteiger partial charge in [0, 0.05) is 23.6 Å². The second-order valence-corrected chi connectivity index (χ2v) is 3.88. The molecule has 5 heteroatoms. The second-order valence-electron chi connectivity index (χ2n) is 3.88. The van der Waals surface area contributed by atoms with Gasteiger partial charge in [-0.25, -0.2) is 4.79 Å². The first-order valence-electron chi connectivity index (χ1n) is 5.61. The van der Waals surface area contributed by atoms with Gasteiger partial charge < -0.3 is 15.0 Å². The maximum absolute atomic E-state index is 10.7. The zero-order chi connectivity index (χ0) is 13.1. The van der Waals surface area contributed by atoms with Gasteiger partial charge in [0.1, 0.15) is 5.75 Å². The van der Waals surface area contributed by atoms with Crippen molar-refractivity contribution in [3.05, 3.63) is 30.0 Å². The average molecular weight is 243 g/mol. The van der Waals surface area contributed by atoms with Crippen LogP contribution in [0.1, 0.15) is 12.5 Å². The molecule has 0 aliphatic carbocycles. The minimum absolute atomic E-state index is 0.323. The van der Waals surface area contributed by atoms with E-state index in [1.54, 1.807) is 12.1 Å². The average Bonchev–Trinajstić information content (AvgIpc) is 2.67. The fourth-order valence-electron chi connectivity index (χ4n) is 2.02. The van der Waals surface area contributed by atoms with E-state index in [1.807, 2.05) is 19.2 Å². The Morgan fingerprint density at radius 1 is 1.56 bits per heavy atom. The van der Waals surface area contributed by atoms with Crippen LogP contribution in [0.4, 0.5) is 4.79 Å². The lowest BCUT2D eigenvalue weighted by molar-refractivity contribution is 0.211. The lowest BCUT2D eigenvalue weighted by atomic mass is 10.1. The van der Waals surface area contributed by atoms with Crippen LogP contribution in [-0.4, -0.2) is 10.7 Å². The number of hydrogen-bond acceptors (Lipinski definition) is 3. The van der Waals surface area contributed by atoms with Gasteiger partial charge in [0.2, 0.25) is 0 Å². The highest BCUT2D eigenvalue weighted by atomic mass is 16.5. The standard InChI is InChI=1S/C13H13N3O2/c1-2-16-8-9(5-6-14)11-7-10(18-13(15)17)3-4-12(11)16/h3-4,7-8H,2,5H2,1H3,(H2,15,17). The Morgan fingerprint density at radius 3 is 2.94 bits per heavy atom. The van der Waals surface area contributed by atoms with Crippen molar-refractivity contribution in [2.24, 2.45) is 5.73 Å². The summed E-state index contributed by atoms with van der Waals surface area (Å²) in [6.07, 6.45) is 1.43. The Kier molecular flexibility index (Phi) is 3.20. The number of nitrogens with two attached hydrogens (primary N) is 1. The van der Waals surface area contributed by atoms with Gasteiger partial charge >= 0.3 is 6.09 Å². The number of carbonyl (C=O) groups is 1. The predicted octanol–water partition coefficient (Wildman–Crippen LogP) is 2.18. The van der Waals surface area contributed by atoms with Gasteiger partial charge in [0.15, 0.2) is 0 Å². The van der Waals surface area contributed by atoms with Gasteiger partial charge in [-0.05, 0) is 30.7 Å². The lowest BCUT2D eigenvalue weighted by Crippen LogP contribution is -2.16. The molecular formula is C13H13N3O2. The van der Waals surface area contributed by atoms with E-state index in [0.717, 1.165) is 23.0 Å². The van der Waals surface area contributed by atoms with E-state index >= 15 is 0 Å². The molecule has 1 heterocycles. The van der Waals surface area contributed by atoms with Crippen molar-refractivity contribution in [3.8, 4) is 11.8 Å². The summed E-state index contributed by atoms with van der Waals surface area (Å²) in [6.45, 7) is 2.85. The summed E-state index contributed by atoms with van der Waals surface area (Å²) in [6, 6.07) is 7.41. The Hall–Kier alpha value is -2.48. The summed E-state index contributed by atoms with van der Waals surface area (Å²) in [5.41, 5.74) is 6.91. The number of primary amides is 1. The monoisotopic (exact) mass is 243 g/mol. The first-order chi connectivity index (χ1) is 8.65. The molecule has 0 aliphatic rings. The molecule has 2 rings (SSSR count). The van der Waals surface area contributed by atoms with Crippen LogP contribution in [0.2, 0.25) is 0 Å². The number of benzene rings is 1. The first-order valence-corrected chi connectivity index (χ1v) is 5.61. The molecule has 0 unspecified atom stereocenters. The number of hydrogen-bond donors (Lipinski definition) is 1. The van der Waals surface area contributed by atoms with E-state index in [2.05, 4.69) is 10.6 Å². The van der Waals surface area contributed by atoms with Crippen LogP contribution in [0, 0.1) is 11.3 Å². The van der Waals surface area contributed by atoms with Gasteiger partial charge in [-0.2, -0.15) is 5.26 Å². The minimum atomic E-state index is -0.842. The third kappa shape index (κ3) is 2.13. The smallest absolute Gasteiger partial charge is 0.409 e. The third-order valence-electron chi connectivity index (χ3n) is 2.76. The van der Waals surface area contributed by atoms with Crippen molar-refractivity contribution in [3.63, 3.8) is 0 Å². The van der Waals surface area contributed by atoms with Crippen molar-refractivity contribution < 1.29 is 9.53 Å². The van der Waals surface area contributed by atoms with Crippen LogP contribution >= 0.6 is 0 Å². The molecule has 2 N–H and O–H groups in total. The highest BCUT2D eigenvalue weighted by Gasteiger charge is 2.09. The van der Waals surface area contributed by atoms with E-state index < -0.39 is 6.09 Å². The van der Waals surface area contributed by atoms with E-state index in [4.69, 9.17) is 15.7 Å². The SMILES string of the molecule is CCn1cc(CC#N)c2cc(OC(N)=O)ccc21. The summed E-state index contributed by atoms with van der Waals surface area (Å²) in [5, 5.41) is 9.73. The number of fused-ring (bicyclic) bond motifs is 1. The lowest BCUT2D eigenvalue weighted by Gasteiger charge is -2.03. The molecule has 0 atom stereocenters. The molecule has 1 aromatic carbocycles. The maximum atomic E-state index is 10.7. The number of carbonyl (C=O) groups excluding carboxylic acids is 1. The van der Waals surface area contributed by atoms with Crippen LogP contribution in [-0.2, 0) is 13.0 Å². The normalized spacial score (nSPS) is 10.2. The highest BCUT2D eigenvalue weighted by molar-refractivity contribution is 5.86. The van der Waals surface area contributed by atoms with E-state index in [-0.39, 0.29) is 0 Å². The molecular weight excluding hydrogens is 230 g/mol. The Balaban J connectivity index is 2.56. The number of amides is 1. The van der Waals surface area contributed by atoms with Crippen molar-refractivity contribution in [1.82, 2.24) is 4.57 Å². The number of aromatic nitrogens is 1. The van der Waals surface area contributed by atoms with Crippen LogP contribution in [0.3, 0.4) is 0 Å². The molecule has 0 aliphatic heterocycles. The predicted molar refractivity (Wildman–Crippen MR) is 67.1 cm³/mol. The summed E-state index contributed by atoms with van der Waals surface area (Å²) < 4.78 is 6.90. The molecule has 5 nitrogen and oxygen atoms in total. The largest absolute Gasteiger partial charge is 0.410 e. The van der Waals surface area contributed by atoms with Gasteiger partial charge in [-0.15, -0.1) is 0 Å². The van der Waals surface area contributed by atoms with Crippen LogP contribution in [0.25, 0.3) is 10.9 Å². The first kappa shape index (κ1) is 12.0. The zero-order valence-corrected chi connectivity index (χ0v) is 10.0. The van der Waals surface area contributed by atoms with Gasteiger partial charge in [0.05, 0.1) is 12.5 Å². The number of ether oxygens (including phenoxy) is 1. The molecule has 0 radical (unpaired) electrons. The van der Waals surface area contributed by atoms with E-state index in [0.29, 0.717) is 12.2 Å². The summed E-state index contributed by atoms with van der Waals surface area (Å²) in [4.78, 5) is 10.7. The molecule has 0 fully saturated rings. The van der Waals surface area contributed by atoms with Crippen LogP contribution < -0.4 is 10.5 Å². The van der Waals surface area contributed by atoms with Crippen LogP contribution in [0.15, 0.2) is 24.4 Å². The van der Waals surface area contributed by atoms with Gasteiger partial charge in [-0.1, -0.05) is 0 Å². The van der Waals surface area contributed by atoms with Gasteiger partial charge in [-0.3, -0.25) is 0 Å². The quantitative estimate of drug-likeness (QED) is 0.897. The number of rotatable bonds is 3. The highest BCUT2D eigenvalue weighted by Crippen LogP contribution is 2.26. The molecule has 0 saturated heterocycles. The number of aryl methyl sites for hydroxylation is 1. The topological polar surface area (TPSA) is 81.0 Å². The van der Waals surface area contributed by atoms with Crippen molar-refractivity contribution >= 4 is 17.0 Å². The maximum Gasteiger partial charge on any atom is 0.409 e. The van der Waals surface area contributed by atoms with Crippen molar-refractivity contribution in [1.29, 1.82) is 5.26 Å². The molecule has 1 aromatic heterocycles. The summed E-state index contributed by atoms with van der Waals surface area (Å²) in [7, 11) is 0. The fraction of sp³-hybridized carbons (Fsp3) is 0.231. The molecule has 18 heavy (non-hydrogen) atoms. The Labute approximate surface area is 104 Å².